The van der Waals surface area contributed by atoms with Gasteiger partial charge >= 0.3 is 0 Å². The quantitative estimate of drug-likeness (QED) is 0.905. The number of aromatic nitrogens is 1. The standard InChI is InChI=1S/C16H21N3O2/c1-16(2,3)14(17)8-15(20)19-12-6-4-11(5-7-12)13-9-18-10-21-13/h4-7,9-10,14H,8,17H2,1-3H3,(H,19,20). The number of hydrogen-bond acceptors (Lipinski definition) is 4. The predicted octanol–water partition coefficient (Wildman–Crippen LogP) is 3.04. The molecule has 2 rings (SSSR count). The molecule has 5 nitrogen and oxygen atoms in total. The lowest BCUT2D eigenvalue weighted by atomic mass is 9.85. The van der Waals surface area contributed by atoms with Crippen LogP contribution in [0.25, 0.3) is 11.3 Å². The maximum Gasteiger partial charge on any atom is 0.225 e. The van der Waals surface area contributed by atoms with E-state index in [9.17, 15) is 4.79 Å². The molecule has 0 spiro atoms. The Kier molecular flexibility index (Phi) is 4.43. The third-order valence-corrected chi connectivity index (χ3v) is 3.40. The molecule has 5 heteroatoms. The normalized spacial score (nSPS) is 13.0. The SMILES string of the molecule is CC(C)(C)C(N)CC(=O)Nc1ccc(-c2cnco2)cc1. The number of nitrogens with two attached hydrogens (primary N) is 1. The average Bonchev–Trinajstić information content (AvgIpc) is 2.92. The number of nitrogens with one attached hydrogen (secondary N) is 1. The summed E-state index contributed by atoms with van der Waals surface area (Å²) in [6, 6.07) is 7.24. The van der Waals surface area contributed by atoms with Gasteiger partial charge in [0.2, 0.25) is 5.91 Å². The van der Waals surface area contributed by atoms with Crippen molar-refractivity contribution < 1.29 is 9.21 Å². The van der Waals surface area contributed by atoms with Crippen LogP contribution in [0.2, 0.25) is 0 Å². The van der Waals surface area contributed by atoms with Gasteiger partial charge in [0.05, 0.1) is 6.20 Å². The zero-order chi connectivity index (χ0) is 15.5. The van der Waals surface area contributed by atoms with Gasteiger partial charge in [-0.1, -0.05) is 20.8 Å². The molecule has 0 saturated carbocycles. The molecule has 0 radical (unpaired) electrons. The zero-order valence-corrected chi connectivity index (χ0v) is 12.6. The van der Waals surface area contributed by atoms with Crippen LogP contribution in [0.5, 0.6) is 0 Å². The molecule has 112 valence electrons. The van der Waals surface area contributed by atoms with Gasteiger partial charge in [-0.25, -0.2) is 4.98 Å². The van der Waals surface area contributed by atoms with E-state index < -0.39 is 0 Å². The van der Waals surface area contributed by atoms with Crippen molar-refractivity contribution in [3.8, 4) is 11.3 Å². The van der Waals surface area contributed by atoms with Crippen molar-refractivity contribution in [3.63, 3.8) is 0 Å². The van der Waals surface area contributed by atoms with Crippen molar-refractivity contribution in [1.29, 1.82) is 0 Å². The fourth-order valence-corrected chi connectivity index (χ4v) is 1.79. The van der Waals surface area contributed by atoms with Crippen molar-refractivity contribution in [1.82, 2.24) is 4.98 Å². The number of carbonyl (C=O) groups is 1. The van der Waals surface area contributed by atoms with E-state index in [4.69, 9.17) is 10.2 Å². The van der Waals surface area contributed by atoms with Crippen molar-refractivity contribution in [2.75, 3.05) is 5.32 Å². The fourth-order valence-electron chi connectivity index (χ4n) is 1.79. The van der Waals surface area contributed by atoms with E-state index >= 15 is 0 Å². The van der Waals surface area contributed by atoms with E-state index in [1.165, 1.54) is 6.39 Å². The Morgan fingerprint density at radius 2 is 2.00 bits per heavy atom. The molecule has 21 heavy (non-hydrogen) atoms. The van der Waals surface area contributed by atoms with Gasteiger partial charge in [0, 0.05) is 23.7 Å². The molecule has 1 unspecified atom stereocenters. The Balaban J connectivity index is 1.96. The molecule has 0 aliphatic rings. The highest BCUT2D eigenvalue weighted by Crippen LogP contribution is 2.22. The molecule has 0 aliphatic carbocycles. The van der Waals surface area contributed by atoms with E-state index in [0.29, 0.717) is 12.2 Å². The summed E-state index contributed by atoms with van der Waals surface area (Å²) >= 11 is 0. The van der Waals surface area contributed by atoms with E-state index in [-0.39, 0.29) is 17.4 Å². The lowest BCUT2D eigenvalue weighted by Gasteiger charge is -2.26. The summed E-state index contributed by atoms with van der Waals surface area (Å²) < 4.78 is 5.22. The molecular weight excluding hydrogens is 266 g/mol. The first-order valence-corrected chi connectivity index (χ1v) is 6.90. The maximum absolute atomic E-state index is 12.0. The Hall–Kier alpha value is -2.14. The molecule has 0 bridgehead atoms. The van der Waals surface area contributed by atoms with Crippen molar-refractivity contribution in [3.05, 3.63) is 36.9 Å². The minimum absolute atomic E-state index is 0.0789. The number of benzene rings is 1. The Labute approximate surface area is 124 Å². The Bertz CT molecular complexity index is 583. The lowest BCUT2D eigenvalue weighted by Crippen LogP contribution is -2.38. The predicted molar refractivity (Wildman–Crippen MR) is 82.6 cm³/mol. The van der Waals surface area contributed by atoms with Crippen molar-refractivity contribution in [2.24, 2.45) is 11.1 Å². The Morgan fingerprint density at radius 1 is 1.33 bits per heavy atom. The van der Waals surface area contributed by atoms with Crippen LogP contribution >= 0.6 is 0 Å². The molecule has 0 fully saturated rings. The van der Waals surface area contributed by atoms with Crippen LogP contribution in [0.15, 0.2) is 41.3 Å². The number of amides is 1. The second kappa shape index (κ2) is 6.10. The fraction of sp³-hybridized carbons (Fsp3) is 0.375. The number of oxazole rings is 1. The summed E-state index contributed by atoms with van der Waals surface area (Å²) in [6.45, 7) is 6.07. The van der Waals surface area contributed by atoms with Crippen molar-refractivity contribution >= 4 is 11.6 Å². The summed E-state index contributed by atoms with van der Waals surface area (Å²) in [4.78, 5) is 15.8. The minimum atomic E-state index is -0.175. The van der Waals surface area contributed by atoms with Crippen LogP contribution in [0, 0.1) is 5.41 Å². The van der Waals surface area contributed by atoms with Crippen LogP contribution in [0.1, 0.15) is 27.2 Å². The monoisotopic (exact) mass is 287 g/mol. The van der Waals surface area contributed by atoms with E-state index in [2.05, 4.69) is 10.3 Å². The van der Waals surface area contributed by atoms with Crippen LogP contribution in [0.3, 0.4) is 0 Å². The summed E-state index contributed by atoms with van der Waals surface area (Å²) in [5.74, 6) is 0.618. The summed E-state index contributed by atoms with van der Waals surface area (Å²) in [7, 11) is 0. The van der Waals surface area contributed by atoms with Crippen LogP contribution in [0.4, 0.5) is 5.69 Å². The van der Waals surface area contributed by atoms with E-state index in [1.807, 2.05) is 45.0 Å². The van der Waals surface area contributed by atoms with Gasteiger partial charge in [0.15, 0.2) is 12.2 Å². The molecule has 3 N–H and O–H groups in total. The van der Waals surface area contributed by atoms with Gasteiger partial charge in [0.1, 0.15) is 0 Å². The molecule has 1 aromatic heterocycles. The molecule has 1 heterocycles. The van der Waals surface area contributed by atoms with E-state index in [1.54, 1.807) is 6.20 Å². The zero-order valence-electron chi connectivity index (χ0n) is 12.6. The summed E-state index contributed by atoms with van der Waals surface area (Å²) in [5, 5.41) is 2.85. The first-order chi connectivity index (χ1) is 9.86. The smallest absolute Gasteiger partial charge is 0.225 e. The molecule has 0 aliphatic heterocycles. The number of anilines is 1. The lowest BCUT2D eigenvalue weighted by molar-refractivity contribution is -0.117. The third kappa shape index (κ3) is 4.16. The Morgan fingerprint density at radius 3 is 2.52 bits per heavy atom. The number of nitrogens with zero attached hydrogens (tertiary/aromatic N) is 1. The second-order valence-corrected chi connectivity index (χ2v) is 6.17. The van der Waals surface area contributed by atoms with Gasteiger partial charge in [-0.15, -0.1) is 0 Å². The average molecular weight is 287 g/mol. The molecule has 0 saturated heterocycles. The number of hydrogen-bond donors (Lipinski definition) is 2. The van der Waals surface area contributed by atoms with Gasteiger partial charge in [-0.05, 0) is 29.7 Å². The molecular formula is C16H21N3O2. The van der Waals surface area contributed by atoms with E-state index in [0.717, 1.165) is 11.3 Å². The molecule has 1 atom stereocenters. The second-order valence-electron chi connectivity index (χ2n) is 6.17. The molecule has 1 amide bonds. The summed E-state index contributed by atoms with van der Waals surface area (Å²) in [5.41, 5.74) is 7.58. The largest absolute Gasteiger partial charge is 0.444 e. The van der Waals surface area contributed by atoms with Crippen LogP contribution in [-0.2, 0) is 4.79 Å². The highest BCUT2D eigenvalue weighted by atomic mass is 16.3. The first-order valence-electron chi connectivity index (χ1n) is 6.90. The van der Waals surface area contributed by atoms with Crippen molar-refractivity contribution in [2.45, 2.75) is 33.2 Å². The van der Waals surface area contributed by atoms with Gasteiger partial charge in [-0.2, -0.15) is 0 Å². The van der Waals surface area contributed by atoms with Crippen LogP contribution in [-0.4, -0.2) is 16.9 Å². The minimum Gasteiger partial charge on any atom is -0.444 e. The topological polar surface area (TPSA) is 81.2 Å². The van der Waals surface area contributed by atoms with Gasteiger partial charge < -0.3 is 15.5 Å². The summed E-state index contributed by atoms with van der Waals surface area (Å²) in [6.07, 6.45) is 3.34. The number of rotatable bonds is 4. The van der Waals surface area contributed by atoms with Gasteiger partial charge in [-0.3, -0.25) is 4.79 Å². The highest BCUT2D eigenvalue weighted by Gasteiger charge is 2.23. The third-order valence-electron chi connectivity index (χ3n) is 3.40. The molecule has 2 aromatic rings. The maximum atomic E-state index is 12.0. The number of carbonyl (C=O) groups excluding carboxylic acids is 1. The van der Waals surface area contributed by atoms with Gasteiger partial charge in [0.25, 0.3) is 0 Å². The van der Waals surface area contributed by atoms with Crippen LogP contribution < -0.4 is 11.1 Å². The highest BCUT2D eigenvalue weighted by molar-refractivity contribution is 5.91. The molecule has 1 aromatic carbocycles. The first kappa shape index (κ1) is 15.3.